The van der Waals surface area contributed by atoms with Gasteiger partial charge in [0.15, 0.2) is 5.90 Å². The van der Waals surface area contributed by atoms with Crippen molar-refractivity contribution in [1.29, 1.82) is 0 Å². The van der Waals surface area contributed by atoms with E-state index in [0.717, 1.165) is 15.9 Å². The number of benzene rings is 4. The van der Waals surface area contributed by atoms with Gasteiger partial charge in [0.05, 0.1) is 0 Å². The summed E-state index contributed by atoms with van der Waals surface area (Å²) in [6, 6.07) is 39.0. The van der Waals surface area contributed by atoms with Crippen LogP contribution >= 0.6 is 14.9 Å². The lowest BCUT2D eigenvalue weighted by atomic mass is 10.3. The molecule has 4 aromatic carbocycles. The Bertz CT molecular complexity index is 1020. The highest BCUT2D eigenvalue weighted by Crippen LogP contribution is 2.65. The van der Waals surface area contributed by atoms with Crippen LogP contribution in [0.2, 0.25) is 0 Å². The van der Waals surface area contributed by atoms with Crippen LogP contribution in [0.5, 0.6) is 5.75 Å². The molecular weight excluding hydrogens is 410 g/mol. The molecule has 4 aromatic rings. The molecule has 0 heterocycles. The number of rotatable bonds is 7. The number of hydrogen-bond acceptors (Lipinski definition) is 2. The van der Waals surface area contributed by atoms with Gasteiger partial charge in [0, 0.05) is 0 Å². The SMILES string of the molecule is O=P(O)(C[P+](c1ccccc1)(c1ccccc1)c1ccccc1)Oc1ccccc1. The fraction of sp³-hybridized carbons (Fsp3) is 0.0400. The highest BCUT2D eigenvalue weighted by molar-refractivity contribution is 8.00. The molecule has 0 fully saturated rings. The fourth-order valence-electron chi connectivity index (χ4n) is 3.68. The van der Waals surface area contributed by atoms with Crippen LogP contribution in [-0.4, -0.2) is 10.8 Å². The Hall–Kier alpha value is -2.70. The fourth-order valence-corrected chi connectivity index (χ4v) is 11.4. The summed E-state index contributed by atoms with van der Waals surface area (Å²) in [5.74, 6) is 0.419. The molecule has 0 amide bonds. The first-order valence-corrected chi connectivity index (χ1v) is 13.5. The molecule has 0 aliphatic heterocycles. The van der Waals surface area contributed by atoms with E-state index in [1.54, 1.807) is 24.3 Å². The van der Waals surface area contributed by atoms with Gasteiger partial charge in [-0.05, 0) is 48.5 Å². The van der Waals surface area contributed by atoms with E-state index in [4.69, 9.17) is 4.52 Å². The molecule has 0 bridgehead atoms. The largest absolute Gasteiger partial charge is 0.422 e. The summed E-state index contributed by atoms with van der Waals surface area (Å²) < 4.78 is 19.1. The minimum Gasteiger partial charge on any atom is -0.422 e. The predicted molar refractivity (Wildman–Crippen MR) is 127 cm³/mol. The number of hydrogen-bond donors (Lipinski definition) is 1. The Morgan fingerprint density at radius 1 is 0.600 bits per heavy atom. The van der Waals surface area contributed by atoms with Crippen molar-refractivity contribution in [3.8, 4) is 5.75 Å². The second kappa shape index (κ2) is 8.98. The quantitative estimate of drug-likeness (QED) is 0.408. The molecule has 0 saturated carbocycles. The van der Waals surface area contributed by atoms with E-state index in [1.807, 2.05) is 60.7 Å². The Morgan fingerprint density at radius 2 is 0.933 bits per heavy atom. The molecule has 4 rings (SSSR count). The van der Waals surface area contributed by atoms with E-state index in [2.05, 4.69) is 36.4 Å². The van der Waals surface area contributed by atoms with E-state index in [-0.39, 0.29) is 5.90 Å². The average molecular weight is 433 g/mol. The lowest BCUT2D eigenvalue weighted by Gasteiger charge is -2.29. The zero-order valence-electron chi connectivity index (χ0n) is 16.4. The van der Waals surface area contributed by atoms with E-state index in [0.29, 0.717) is 5.75 Å². The third kappa shape index (κ3) is 4.40. The maximum atomic E-state index is 13.5. The third-order valence-corrected chi connectivity index (χ3v) is 12.1. The highest BCUT2D eigenvalue weighted by atomic mass is 31.2. The van der Waals surface area contributed by atoms with Crippen molar-refractivity contribution in [2.75, 3.05) is 5.90 Å². The Morgan fingerprint density at radius 3 is 1.30 bits per heavy atom. The van der Waals surface area contributed by atoms with Crippen LogP contribution in [0, 0.1) is 0 Å². The van der Waals surface area contributed by atoms with Gasteiger partial charge < -0.3 is 9.42 Å². The minimum atomic E-state index is -3.98. The van der Waals surface area contributed by atoms with E-state index in [9.17, 15) is 9.46 Å². The Kier molecular flexibility index (Phi) is 6.16. The Labute approximate surface area is 177 Å². The lowest BCUT2D eigenvalue weighted by molar-refractivity contribution is 0.385. The van der Waals surface area contributed by atoms with Gasteiger partial charge in [-0.1, -0.05) is 72.8 Å². The molecule has 0 aliphatic carbocycles. The van der Waals surface area contributed by atoms with Crippen molar-refractivity contribution in [2.24, 2.45) is 0 Å². The van der Waals surface area contributed by atoms with Gasteiger partial charge in [0.25, 0.3) is 0 Å². The van der Waals surface area contributed by atoms with Crippen LogP contribution in [0.3, 0.4) is 0 Å². The second-order valence-corrected chi connectivity index (χ2v) is 12.8. The van der Waals surface area contributed by atoms with Crippen LogP contribution in [-0.2, 0) is 4.57 Å². The average Bonchev–Trinajstić information content (AvgIpc) is 2.80. The summed E-state index contributed by atoms with van der Waals surface area (Å²) >= 11 is 0. The molecule has 30 heavy (non-hydrogen) atoms. The molecule has 0 saturated heterocycles. The minimum absolute atomic E-state index is 0.0208. The van der Waals surface area contributed by atoms with Crippen molar-refractivity contribution >= 4 is 30.8 Å². The van der Waals surface area contributed by atoms with Gasteiger partial charge in [-0.25, -0.2) is 4.57 Å². The van der Waals surface area contributed by atoms with Gasteiger partial charge in [-0.15, -0.1) is 0 Å². The summed E-state index contributed by atoms with van der Waals surface area (Å²) in [4.78, 5) is 11.0. The van der Waals surface area contributed by atoms with Crippen LogP contribution in [0.15, 0.2) is 121 Å². The molecule has 0 radical (unpaired) electrons. The smallest absolute Gasteiger partial charge is 0.414 e. The van der Waals surface area contributed by atoms with Crippen LogP contribution in [0.25, 0.3) is 0 Å². The normalized spacial score (nSPS) is 13.4. The van der Waals surface area contributed by atoms with Crippen LogP contribution < -0.4 is 20.4 Å². The molecule has 0 spiro atoms. The summed E-state index contributed by atoms with van der Waals surface area (Å²) in [5, 5.41) is 3.15. The molecule has 150 valence electrons. The van der Waals surface area contributed by atoms with Crippen LogP contribution in [0.4, 0.5) is 0 Å². The van der Waals surface area contributed by atoms with E-state index < -0.39 is 14.9 Å². The first kappa shape index (κ1) is 20.6. The maximum absolute atomic E-state index is 13.5. The topological polar surface area (TPSA) is 46.5 Å². The molecule has 1 N–H and O–H groups in total. The summed E-state index contributed by atoms with van der Waals surface area (Å²) in [7, 11) is -6.43. The van der Waals surface area contributed by atoms with E-state index in [1.165, 1.54) is 0 Å². The molecule has 3 nitrogen and oxygen atoms in total. The summed E-state index contributed by atoms with van der Waals surface area (Å²) in [6.07, 6.45) is 0. The molecular formula is C25H23O3P2+. The van der Waals surface area contributed by atoms with E-state index >= 15 is 0 Å². The first-order chi connectivity index (χ1) is 14.6. The van der Waals surface area contributed by atoms with Crippen molar-refractivity contribution < 1.29 is 14.0 Å². The third-order valence-electron chi connectivity index (χ3n) is 4.97. The van der Waals surface area contributed by atoms with Crippen LogP contribution in [0.1, 0.15) is 0 Å². The molecule has 5 heteroatoms. The van der Waals surface area contributed by atoms with Crippen molar-refractivity contribution in [2.45, 2.75) is 0 Å². The zero-order chi connectivity index (χ0) is 20.9. The number of para-hydroxylation sites is 1. The Balaban J connectivity index is 1.90. The maximum Gasteiger partial charge on any atom is 0.414 e. The van der Waals surface area contributed by atoms with Gasteiger partial charge >= 0.3 is 7.60 Å². The zero-order valence-corrected chi connectivity index (χ0v) is 18.2. The molecule has 0 aromatic heterocycles. The highest BCUT2D eigenvalue weighted by Gasteiger charge is 2.51. The predicted octanol–water partition coefficient (Wildman–Crippen LogP) is 5.20. The summed E-state index contributed by atoms with van der Waals surface area (Å²) in [5.41, 5.74) is 0. The molecule has 1 atom stereocenters. The van der Waals surface area contributed by atoms with Crippen molar-refractivity contribution in [1.82, 2.24) is 0 Å². The van der Waals surface area contributed by atoms with Crippen molar-refractivity contribution in [3.63, 3.8) is 0 Å². The molecule has 0 aliphatic rings. The second-order valence-electron chi connectivity index (χ2n) is 7.00. The van der Waals surface area contributed by atoms with Gasteiger partial charge in [-0.3, -0.25) is 0 Å². The van der Waals surface area contributed by atoms with Crippen molar-refractivity contribution in [3.05, 3.63) is 121 Å². The van der Waals surface area contributed by atoms with Gasteiger partial charge in [0.2, 0.25) is 0 Å². The standard InChI is InChI=1S/C25H22O3P2/c26-30(27,28-22-13-5-1-6-14-22)21-29(23-15-7-2-8-16-23,24-17-9-3-10-18-24)25-19-11-4-12-20-25/h1-20H,21H2/p+1. The summed E-state index contributed by atoms with van der Waals surface area (Å²) in [6.45, 7) is 0. The van der Waals surface area contributed by atoms with Gasteiger partial charge in [-0.2, -0.15) is 0 Å². The monoisotopic (exact) mass is 433 g/mol. The molecule has 1 unspecified atom stereocenters. The first-order valence-electron chi connectivity index (χ1n) is 9.72. The lowest BCUT2D eigenvalue weighted by Crippen LogP contribution is -2.33. The van der Waals surface area contributed by atoms with Gasteiger partial charge in [0.1, 0.15) is 28.9 Å².